The minimum Gasteiger partial charge on any atom is -0.778 e. The van der Waals surface area contributed by atoms with Crippen LogP contribution in [0.3, 0.4) is 0 Å². The van der Waals surface area contributed by atoms with Crippen LogP contribution in [-0.2, 0) is 52.5 Å². The molecule has 0 aliphatic heterocycles. The molecule has 19 nitrogen and oxygen atoms in total. The average molecular weight is 1040 g/mol. The van der Waals surface area contributed by atoms with Crippen LogP contribution in [0.4, 0.5) is 32.0 Å². The lowest BCUT2D eigenvalue weighted by Gasteiger charge is -2.14. The van der Waals surface area contributed by atoms with Gasteiger partial charge in [-0.05, 0) is 66.2 Å². The molecule has 1 aromatic heterocycles. The fourth-order valence-electron chi connectivity index (χ4n) is 4.73. The number of nitro benzene ring substituents is 1. The first-order chi connectivity index (χ1) is 30.0. The number of ketones is 1. The van der Waals surface area contributed by atoms with E-state index in [0.717, 1.165) is 49.4 Å². The standard InChI is InChI=1S/C15H10ClF3N2O6S.C15H12F3NO4S.C3H8NO5P.C3H9S/c1-28(25,26)20-14(22)10-7-9(3-4-12(10)21(23)24)27-13-5-2-8(6-11(13)16)15(17,18)19;1-24(21,22)12-6-9(15(16,17)18)4-5-10(12)13(20)11-7-19-23-14(11)8-2-3-8;5-3(6)1-4-2-10(7,8)9;1-4(2)3/h2-7H,1H3,(H,20,22);4-8H,2-3H2,1H3;4H,1-2H2,(H,5,6)(H2,7,8,9);1-3H3/q;;;+1/p-1. The van der Waals surface area contributed by atoms with Crippen molar-refractivity contribution >= 4 is 73.3 Å². The number of amides is 1. The maximum absolute atomic E-state index is 12.8. The molecule has 1 aliphatic carbocycles. The van der Waals surface area contributed by atoms with Gasteiger partial charge in [0.2, 0.25) is 10.0 Å². The van der Waals surface area contributed by atoms with E-state index in [2.05, 4.69) is 23.9 Å². The number of rotatable bonds is 13. The zero-order valence-corrected chi connectivity index (χ0v) is 38.7. The van der Waals surface area contributed by atoms with Crippen molar-refractivity contribution in [2.45, 2.75) is 36.0 Å². The molecule has 0 spiro atoms. The number of aliphatic carboxylic acids is 1. The van der Waals surface area contributed by atoms with E-state index in [4.69, 9.17) is 30.9 Å². The second-order valence-electron chi connectivity index (χ2n) is 13.9. The first-order valence-electron chi connectivity index (χ1n) is 17.7. The van der Waals surface area contributed by atoms with E-state index in [0.29, 0.717) is 47.2 Å². The predicted molar refractivity (Wildman–Crippen MR) is 224 cm³/mol. The van der Waals surface area contributed by atoms with Crippen molar-refractivity contribution in [1.29, 1.82) is 0 Å². The summed E-state index contributed by atoms with van der Waals surface area (Å²) in [6, 6.07) is 7.14. The van der Waals surface area contributed by atoms with Gasteiger partial charge in [-0.25, -0.2) is 21.6 Å². The van der Waals surface area contributed by atoms with Gasteiger partial charge in [0.1, 0.15) is 24.7 Å². The van der Waals surface area contributed by atoms with Gasteiger partial charge in [-0.1, -0.05) is 16.8 Å². The topological polar surface area (TPSA) is 303 Å². The number of hydrogen-bond acceptors (Lipinski definition) is 15. The summed E-state index contributed by atoms with van der Waals surface area (Å²) in [5.41, 5.74) is -3.71. The molecule has 1 heterocycles. The molecule has 1 saturated carbocycles. The Kier molecular flexibility index (Phi) is 19.9. The van der Waals surface area contributed by atoms with Crippen LogP contribution in [0.1, 0.15) is 61.9 Å². The summed E-state index contributed by atoms with van der Waals surface area (Å²) in [5, 5.41) is 24.2. The van der Waals surface area contributed by atoms with Gasteiger partial charge in [0.25, 0.3) is 11.6 Å². The normalized spacial score (nSPS) is 13.6. The first kappa shape index (κ1) is 57.0. The number of nitro groups is 1. The van der Waals surface area contributed by atoms with E-state index < -0.39 is 108 Å². The predicted octanol–water partition coefficient (Wildman–Crippen LogP) is 5.61. The Morgan fingerprint density at radius 1 is 0.939 bits per heavy atom. The van der Waals surface area contributed by atoms with Crippen molar-refractivity contribution in [2.24, 2.45) is 0 Å². The van der Waals surface area contributed by atoms with Gasteiger partial charge in [0, 0.05) is 29.9 Å². The van der Waals surface area contributed by atoms with Gasteiger partial charge in [0.05, 0.1) is 75.6 Å². The van der Waals surface area contributed by atoms with E-state index >= 15 is 0 Å². The van der Waals surface area contributed by atoms with E-state index in [1.54, 1.807) is 4.72 Å². The molecule has 1 unspecified atom stereocenters. The Balaban J connectivity index is 0.000000355. The molecule has 0 saturated heterocycles. The number of benzene rings is 3. The summed E-state index contributed by atoms with van der Waals surface area (Å²) < 4.78 is 144. The molecule has 66 heavy (non-hydrogen) atoms. The Hall–Kier alpha value is -5.09. The van der Waals surface area contributed by atoms with Crippen LogP contribution in [0.5, 0.6) is 11.5 Å². The summed E-state index contributed by atoms with van der Waals surface area (Å²) >= 11 is 5.76. The fraction of sp³-hybridized carbons (Fsp3) is 0.333. The molecule has 0 radical (unpaired) electrons. The number of carbonyl (C=O) groups excluding carboxylic acids is 2. The third-order valence-electron chi connectivity index (χ3n) is 7.51. The first-order valence-corrected chi connectivity index (χ1v) is 26.1. The lowest BCUT2D eigenvalue weighted by molar-refractivity contribution is -0.385. The second-order valence-corrected chi connectivity index (χ2v) is 22.1. The second kappa shape index (κ2) is 23.1. The van der Waals surface area contributed by atoms with Crippen LogP contribution in [0, 0.1) is 10.1 Å². The number of nitrogens with zero attached hydrogens (tertiary/aromatic N) is 2. The summed E-state index contributed by atoms with van der Waals surface area (Å²) in [4.78, 5) is 61.9. The molecule has 4 N–H and O–H groups in total. The number of halogens is 7. The molecule has 1 fully saturated rings. The van der Waals surface area contributed by atoms with Crippen LogP contribution in [0.2, 0.25) is 5.02 Å². The Bertz CT molecular complexity index is 2690. The number of aromatic nitrogens is 1. The zero-order chi connectivity index (χ0) is 50.7. The highest BCUT2D eigenvalue weighted by Crippen LogP contribution is 2.43. The lowest BCUT2D eigenvalue weighted by atomic mass is 10.0. The largest absolute Gasteiger partial charge is 0.778 e. The maximum Gasteiger partial charge on any atom is 0.416 e. The fourth-order valence-corrected chi connectivity index (χ4v) is 6.69. The van der Waals surface area contributed by atoms with Crippen LogP contribution in [-0.4, -0.2) is 98.7 Å². The van der Waals surface area contributed by atoms with Crippen LogP contribution >= 0.6 is 19.2 Å². The number of carboxylic acid groups (broad SMARTS) is 1. The van der Waals surface area contributed by atoms with Gasteiger partial charge in [-0.2, -0.15) is 26.3 Å². The van der Waals surface area contributed by atoms with Crippen molar-refractivity contribution in [1.82, 2.24) is 15.2 Å². The summed E-state index contributed by atoms with van der Waals surface area (Å²) in [7, 11) is -11.8. The minimum atomic E-state index is -4.71. The highest BCUT2D eigenvalue weighted by atomic mass is 35.5. The third kappa shape index (κ3) is 19.4. The molecule has 0 bridgehead atoms. The molecule has 364 valence electrons. The van der Waals surface area contributed by atoms with Crippen molar-refractivity contribution in [3.63, 3.8) is 0 Å². The van der Waals surface area contributed by atoms with Gasteiger partial charge in [0.15, 0.2) is 21.4 Å². The Labute approximate surface area is 379 Å². The highest BCUT2D eigenvalue weighted by Gasteiger charge is 2.36. The third-order valence-corrected chi connectivity index (χ3v) is 10.1. The van der Waals surface area contributed by atoms with Crippen molar-refractivity contribution < 1.29 is 91.2 Å². The van der Waals surface area contributed by atoms with Crippen LogP contribution in [0.15, 0.2) is 70.2 Å². The monoisotopic (exact) mass is 1040 g/mol. The minimum absolute atomic E-state index is 0.0441. The van der Waals surface area contributed by atoms with E-state index in [1.807, 2.05) is 5.32 Å². The number of ether oxygens (including phenoxy) is 1. The van der Waals surface area contributed by atoms with Crippen molar-refractivity contribution in [3.8, 4) is 11.5 Å². The summed E-state index contributed by atoms with van der Waals surface area (Å²) in [6.45, 7) is -0.479. The quantitative estimate of drug-likeness (QED) is 0.0316. The maximum atomic E-state index is 12.8. The van der Waals surface area contributed by atoms with Crippen molar-refractivity contribution in [3.05, 3.63) is 110 Å². The number of sulfonamides is 1. The molecule has 1 amide bonds. The molecule has 30 heteroatoms. The van der Waals surface area contributed by atoms with Gasteiger partial charge in [-0.3, -0.25) is 29.8 Å². The van der Waals surface area contributed by atoms with E-state index in [1.165, 1.54) is 6.20 Å². The lowest BCUT2D eigenvalue weighted by Crippen LogP contribution is -2.29. The average Bonchev–Trinajstić information content (AvgIpc) is 3.88. The van der Waals surface area contributed by atoms with E-state index in [-0.39, 0.29) is 28.5 Å². The molecule has 1 atom stereocenters. The number of hydrogen-bond donors (Lipinski definition) is 4. The van der Waals surface area contributed by atoms with Gasteiger partial charge in [-0.15, -0.1) is 0 Å². The number of carboxylic acids is 1. The summed E-state index contributed by atoms with van der Waals surface area (Å²) in [5.74, 6) is -3.18. The van der Waals surface area contributed by atoms with Crippen LogP contribution < -0.4 is 19.7 Å². The van der Waals surface area contributed by atoms with E-state index in [9.17, 15) is 77.1 Å². The highest BCUT2D eigenvalue weighted by molar-refractivity contribution is 7.94. The number of carbonyl (C=O) groups is 3. The van der Waals surface area contributed by atoms with Gasteiger partial charge >= 0.3 is 18.3 Å². The van der Waals surface area contributed by atoms with Gasteiger partial charge < -0.3 is 28.7 Å². The molecule has 5 rings (SSSR count). The SMILES string of the molecule is CS(=O)(=O)NC(=O)c1cc(Oc2ccc(C(F)(F)F)cc2Cl)ccc1[N+](=O)[O-].CS(=O)(=O)c1cc(C(F)(F)F)ccc1C(=O)c1cnoc1C1CC1.C[S+](C)C.O=C(O)CNCP(=O)([O-])O. The molecular formula is C36H38ClF6N4O15PS3. The molecule has 4 aromatic rings. The van der Waals surface area contributed by atoms with Crippen molar-refractivity contribution in [2.75, 3.05) is 44.1 Å². The smallest absolute Gasteiger partial charge is 0.416 e. The summed E-state index contributed by atoms with van der Waals surface area (Å²) in [6.07, 6.45) is 0.791. The zero-order valence-electron chi connectivity index (χ0n) is 34.6. The molecular weight excluding hydrogens is 1010 g/mol. The Morgan fingerprint density at radius 2 is 1.48 bits per heavy atom. The Morgan fingerprint density at radius 3 is 1.94 bits per heavy atom. The molecule has 3 aromatic carbocycles. The number of nitrogens with one attached hydrogen (secondary N) is 2. The number of alkyl halides is 6. The molecule has 1 aliphatic rings. The number of sulfone groups is 1. The van der Waals surface area contributed by atoms with Crippen LogP contribution in [0.25, 0.3) is 0 Å².